The van der Waals surface area contributed by atoms with Crippen molar-refractivity contribution in [1.29, 1.82) is 0 Å². The van der Waals surface area contributed by atoms with Crippen LogP contribution >= 0.6 is 0 Å². The number of nitrogens with one attached hydrogen (secondary N) is 1. The van der Waals surface area contributed by atoms with E-state index in [-0.39, 0.29) is 17.6 Å². The number of hydrogen-bond acceptors (Lipinski definition) is 4. The molecule has 0 saturated heterocycles. The predicted octanol–water partition coefficient (Wildman–Crippen LogP) is 4.76. The van der Waals surface area contributed by atoms with E-state index in [0.29, 0.717) is 6.42 Å². The summed E-state index contributed by atoms with van der Waals surface area (Å²) in [5, 5.41) is 3.18. The van der Waals surface area contributed by atoms with Crippen LogP contribution < -0.4 is 19.5 Å². The van der Waals surface area contributed by atoms with Gasteiger partial charge >= 0.3 is 0 Å². The number of hydrogen-bond donors (Lipinski definition) is 1. The third-order valence-corrected chi connectivity index (χ3v) is 6.02. The lowest BCUT2D eigenvalue weighted by Gasteiger charge is -2.38. The molecule has 2 atom stereocenters. The predicted molar refractivity (Wildman–Crippen MR) is 116 cm³/mol. The lowest BCUT2D eigenvalue weighted by atomic mass is 9.89. The molecule has 1 N–H and O–H groups in total. The van der Waals surface area contributed by atoms with E-state index in [1.165, 1.54) is 24.0 Å². The highest BCUT2D eigenvalue weighted by Crippen LogP contribution is 2.41. The minimum absolute atomic E-state index is 0.125. The fourth-order valence-corrected chi connectivity index (χ4v) is 4.48. The molecule has 1 aliphatic heterocycles. The Morgan fingerprint density at radius 2 is 2.00 bits per heavy atom. The first kappa shape index (κ1) is 20.6. The molecule has 2 aromatic rings. The quantitative estimate of drug-likeness (QED) is 0.774. The largest absolute Gasteiger partial charge is 0.497 e. The summed E-state index contributed by atoms with van der Waals surface area (Å²) in [7, 11) is 1.64. The van der Waals surface area contributed by atoms with Gasteiger partial charge in [-0.1, -0.05) is 12.1 Å². The van der Waals surface area contributed by atoms with E-state index >= 15 is 0 Å². The lowest BCUT2D eigenvalue weighted by molar-refractivity contribution is -0.128. The van der Waals surface area contributed by atoms with E-state index in [0.717, 1.165) is 35.7 Å². The van der Waals surface area contributed by atoms with Crippen LogP contribution in [-0.4, -0.2) is 24.7 Å². The summed E-state index contributed by atoms with van der Waals surface area (Å²) in [6.07, 6.45) is 4.58. The molecule has 1 amide bonds. The summed E-state index contributed by atoms with van der Waals surface area (Å²) in [6.45, 7) is 5.89. The Bertz CT molecular complexity index is 937. The van der Waals surface area contributed by atoms with Gasteiger partial charge in [-0.2, -0.15) is 0 Å². The Balaban J connectivity index is 1.51. The van der Waals surface area contributed by atoms with Gasteiger partial charge < -0.3 is 19.5 Å². The molecule has 0 unspecified atom stereocenters. The third kappa shape index (κ3) is 4.25. The molecule has 2 aromatic carbocycles. The molecule has 2 aliphatic rings. The van der Waals surface area contributed by atoms with Crippen molar-refractivity contribution in [3.8, 4) is 17.2 Å². The Kier molecular flexibility index (Phi) is 5.63. The molecule has 0 spiro atoms. The number of carbonyl (C=O) groups excluding carboxylic acids is 1. The molecule has 0 bridgehead atoms. The molecule has 4 rings (SSSR count). The first-order valence-corrected chi connectivity index (χ1v) is 10.8. The van der Waals surface area contributed by atoms with Crippen LogP contribution in [0.4, 0.5) is 0 Å². The highest BCUT2D eigenvalue weighted by Gasteiger charge is 2.35. The molecule has 30 heavy (non-hydrogen) atoms. The number of ether oxygens (including phenoxy) is 3. The van der Waals surface area contributed by atoms with Gasteiger partial charge in [-0.15, -0.1) is 0 Å². The molecule has 1 aliphatic carbocycles. The summed E-state index contributed by atoms with van der Waals surface area (Å²) in [5.41, 5.74) is 3.16. The van der Waals surface area contributed by atoms with Gasteiger partial charge in [-0.25, -0.2) is 0 Å². The van der Waals surface area contributed by atoms with Crippen LogP contribution in [0.1, 0.15) is 62.8 Å². The van der Waals surface area contributed by atoms with Crippen LogP contribution in [0, 0.1) is 0 Å². The SMILES string of the molecule is COc1ccc2c(c1)[C@H](NC(=O)[C@H](C)Oc1cccc3c1CCCC3)CC(C)(C)O2. The van der Waals surface area contributed by atoms with Gasteiger partial charge in [0.2, 0.25) is 0 Å². The monoisotopic (exact) mass is 409 g/mol. The maximum Gasteiger partial charge on any atom is 0.261 e. The van der Waals surface area contributed by atoms with Crippen molar-refractivity contribution >= 4 is 5.91 Å². The summed E-state index contributed by atoms with van der Waals surface area (Å²) < 4.78 is 17.6. The van der Waals surface area contributed by atoms with Gasteiger partial charge in [-0.3, -0.25) is 4.79 Å². The Labute approximate surface area is 178 Å². The van der Waals surface area contributed by atoms with E-state index in [9.17, 15) is 4.79 Å². The average molecular weight is 410 g/mol. The summed E-state index contributed by atoms with van der Waals surface area (Å²) in [6, 6.07) is 11.7. The zero-order chi connectivity index (χ0) is 21.3. The minimum Gasteiger partial charge on any atom is -0.497 e. The number of amides is 1. The van der Waals surface area contributed by atoms with Crippen molar-refractivity contribution in [3.63, 3.8) is 0 Å². The van der Waals surface area contributed by atoms with E-state index in [2.05, 4.69) is 11.4 Å². The van der Waals surface area contributed by atoms with Gasteiger partial charge in [0.05, 0.1) is 13.2 Å². The third-order valence-electron chi connectivity index (χ3n) is 6.02. The normalized spacial score (nSPS) is 20.2. The number of benzene rings is 2. The molecule has 0 aromatic heterocycles. The zero-order valence-corrected chi connectivity index (χ0v) is 18.3. The lowest BCUT2D eigenvalue weighted by Crippen LogP contribution is -2.44. The first-order chi connectivity index (χ1) is 14.4. The Morgan fingerprint density at radius 3 is 2.80 bits per heavy atom. The standard InChI is InChI=1S/C25H31NO4/c1-16(29-22-11-7-9-17-8-5-6-10-19(17)22)24(27)26-21-15-25(2,3)30-23-13-12-18(28-4)14-20(21)23/h7,9,11-14,16,21H,5-6,8,10,15H2,1-4H3,(H,26,27)/t16-,21+/m0/s1. The summed E-state index contributed by atoms with van der Waals surface area (Å²) >= 11 is 0. The summed E-state index contributed by atoms with van der Waals surface area (Å²) in [4.78, 5) is 13.1. The topological polar surface area (TPSA) is 56.8 Å². The minimum atomic E-state index is -0.585. The van der Waals surface area contributed by atoms with Gasteiger partial charge in [0, 0.05) is 12.0 Å². The Morgan fingerprint density at radius 1 is 1.20 bits per heavy atom. The Hall–Kier alpha value is -2.69. The molecular formula is C25H31NO4. The maximum absolute atomic E-state index is 13.1. The van der Waals surface area contributed by atoms with Crippen LogP contribution in [0.15, 0.2) is 36.4 Å². The van der Waals surface area contributed by atoms with Gasteiger partial charge in [0.1, 0.15) is 22.8 Å². The van der Waals surface area contributed by atoms with E-state index in [1.54, 1.807) is 7.11 Å². The molecule has 0 fully saturated rings. The molecule has 5 nitrogen and oxygen atoms in total. The number of methoxy groups -OCH3 is 1. The molecule has 1 heterocycles. The highest BCUT2D eigenvalue weighted by molar-refractivity contribution is 5.81. The van der Waals surface area contributed by atoms with Crippen molar-refractivity contribution in [3.05, 3.63) is 53.1 Å². The van der Waals surface area contributed by atoms with E-state index in [4.69, 9.17) is 14.2 Å². The van der Waals surface area contributed by atoms with Crippen LogP contribution in [0.3, 0.4) is 0 Å². The van der Waals surface area contributed by atoms with E-state index in [1.807, 2.05) is 51.1 Å². The fraction of sp³-hybridized carbons (Fsp3) is 0.480. The van der Waals surface area contributed by atoms with Gasteiger partial charge in [0.15, 0.2) is 6.10 Å². The molecular weight excluding hydrogens is 378 g/mol. The zero-order valence-electron chi connectivity index (χ0n) is 18.3. The number of fused-ring (bicyclic) bond motifs is 2. The second-order valence-corrected chi connectivity index (χ2v) is 8.89. The van der Waals surface area contributed by atoms with Crippen molar-refractivity contribution in [2.45, 2.75) is 70.6 Å². The van der Waals surface area contributed by atoms with Crippen molar-refractivity contribution < 1.29 is 19.0 Å². The smallest absolute Gasteiger partial charge is 0.261 e. The first-order valence-electron chi connectivity index (χ1n) is 10.8. The average Bonchev–Trinajstić information content (AvgIpc) is 2.73. The number of carbonyl (C=O) groups is 1. The molecule has 0 radical (unpaired) electrons. The molecule has 0 saturated carbocycles. The van der Waals surface area contributed by atoms with Crippen molar-refractivity contribution in [1.82, 2.24) is 5.32 Å². The number of aryl methyl sites for hydroxylation is 1. The second kappa shape index (κ2) is 8.21. The van der Waals surface area contributed by atoms with E-state index < -0.39 is 6.10 Å². The molecule has 160 valence electrons. The second-order valence-electron chi connectivity index (χ2n) is 8.89. The van der Waals surface area contributed by atoms with Crippen molar-refractivity contribution in [2.75, 3.05) is 7.11 Å². The molecule has 5 heteroatoms. The number of rotatable bonds is 5. The van der Waals surface area contributed by atoms with Gasteiger partial charge in [0.25, 0.3) is 5.91 Å². The van der Waals surface area contributed by atoms with Crippen molar-refractivity contribution in [2.24, 2.45) is 0 Å². The van der Waals surface area contributed by atoms with Crippen LogP contribution in [-0.2, 0) is 17.6 Å². The van der Waals surface area contributed by atoms with Crippen LogP contribution in [0.25, 0.3) is 0 Å². The fourth-order valence-electron chi connectivity index (χ4n) is 4.48. The van der Waals surface area contributed by atoms with Crippen LogP contribution in [0.5, 0.6) is 17.2 Å². The highest BCUT2D eigenvalue weighted by atomic mass is 16.5. The van der Waals surface area contributed by atoms with Gasteiger partial charge in [-0.05, 0) is 81.8 Å². The maximum atomic E-state index is 13.1. The van der Waals surface area contributed by atoms with Crippen LogP contribution in [0.2, 0.25) is 0 Å². The summed E-state index contributed by atoms with van der Waals surface area (Å²) in [5.74, 6) is 2.24.